The van der Waals surface area contributed by atoms with E-state index >= 15 is 0 Å². The predicted molar refractivity (Wildman–Crippen MR) is 96.2 cm³/mol. The highest BCUT2D eigenvalue weighted by molar-refractivity contribution is 5.85. The van der Waals surface area contributed by atoms with Crippen molar-refractivity contribution in [1.29, 1.82) is 0 Å². The highest BCUT2D eigenvalue weighted by atomic mass is 35.5. The SMILES string of the molecule is Cc1cc(C)cc(OCCNC(=O)Cc2ccc(N)cc2)c1.Cl. The molecule has 0 saturated heterocycles. The Morgan fingerprint density at radius 3 is 2.30 bits per heavy atom. The minimum atomic E-state index is -0.0196. The number of benzene rings is 2. The Labute approximate surface area is 143 Å². The smallest absolute Gasteiger partial charge is 0.224 e. The molecule has 124 valence electrons. The van der Waals surface area contributed by atoms with Crippen LogP contribution in [0, 0.1) is 13.8 Å². The molecule has 3 N–H and O–H groups in total. The summed E-state index contributed by atoms with van der Waals surface area (Å²) in [5.41, 5.74) is 9.60. The minimum absolute atomic E-state index is 0. The molecule has 0 aromatic heterocycles. The highest BCUT2D eigenvalue weighted by Crippen LogP contribution is 2.15. The molecule has 2 aromatic rings. The van der Waals surface area contributed by atoms with E-state index in [1.807, 2.05) is 38.1 Å². The minimum Gasteiger partial charge on any atom is -0.492 e. The van der Waals surface area contributed by atoms with E-state index < -0.39 is 0 Å². The lowest BCUT2D eigenvalue weighted by Crippen LogP contribution is -2.29. The van der Waals surface area contributed by atoms with E-state index in [4.69, 9.17) is 10.5 Å². The average molecular weight is 335 g/mol. The molecule has 0 aliphatic carbocycles. The van der Waals surface area contributed by atoms with Gasteiger partial charge in [-0.2, -0.15) is 0 Å². The van der Waals surface area contributed by atoms with Crippen molar-refractivity contribution >= 4 is 24.0 Å². The first-order valence-electron chi connectivity index (χ1n) is 7.35. The van der Waals surface area contributed by atoms with Gasteiger partial charge in [0, 0.05) is 5.69 Å². The molecule has 0 radical (unpaired) electrons. The van der Waals surface area contributed by atoms with E-state index in [0.717, 1.165) is 11.3 Å². The molecule has 0 saturated carbocycles. The number of nitrogens with one attached hydrogen (secondary N) is 1. The number of rotatable bonds is 6. The summed E-state index contributed by atoms with van der Waals surface area (Å²) in [7, 11) is 0. The first-order valence-corrected chi connectivity index (χ1v) is 7.35. The maximum Gasteiger partial charge on any atom is 0.224 e. The average Bonchev–Trinajstić information content (AvgIpc) is 2.45. The van der Waals surface area contributed by atoms with Crippen molar-refractivity contribution in [3.63, 3.8) is 0 Å². The van der Waals surface area contributed by atoms with Crippen LogP contribution in [0.5, 0.6) is 5.75 Å². The molecule has 0 bridgehead atoms. The van der Waals surface area contributed by atoms with Gasteiger partial charge >= 0.3 is 0 Å². The van der Waals surface area contributed by atoms with E-state index in [-0.39, 0.29) is 18.3 Å². The van der Waals surface area contributed by atoms with Crippen LogP contribution in [0.15, 0.2) is 42.5 Å². The fourth-order valence-corrected chi connectivity index (χ4v) is 2.26. The van der Waals surface area contributed by atoms with E-state index in [2.05, 4.69) is 11.4 Å². The molecule has 0 aliphatic heterocycles. The van der Waals surface area contributed by atoms with Crippen molar-refractivity contribution in [1.82, 2.24) is 5.32 Å². The van der Waals surface area contributed by atoms with E-state index in [1.165, 1.54) is 11.1 Å². The second kappa shape index (κ2) is 9.06. The van der Waals surface area contributed by atoms with Gasteiger partial charge in [-0.1, -0.05) is 18.2 Å². The van der Waals surface area contributed by atoms with E-state index in [1.54, 1.807) is 12.1 Å². The maximum absolute atomic E-state index is 11.8. The molecule has 5 heteroatoms. The summed E-state index contributed by atoms with van der Waals surface area (Å²) in [5, 5.41) is 2.85. The van der Waals surface area contributed by atoms with Crippen LogP contribution >= 0.6 is 12.4 Å². The van der Waals surface area contributed by atoms with Crippen LogP contribution in [0.4, 0.5) is 5.69 Å². The molecule has 2 rings (SSSR count). The zero-order chi connectivity index (χ0) is 15.9. The van der Waals surface area contributed by atoms with Crippen molar-refractivity contribution in [2.45, 2.75) is 20.3 Å². The molecule has 23 heavy (non-hydrogen) atoms. The third kappa shape index (κ3) is 6.61. The van der Waals surface area contributed by atoms with Gasteiger partial charge in [-0.3, -0.25) is 4.79 Å². The third-order valence-corrected chi connectivity index (χ3v) is 3.23. The Hall–Kier alpha value is -2.20. The fraction of sp³-hybridized carbons (Fsp3) is 0.278. The number of carbonyl (C=O) groups is 1. The summed E-state index contributed by atoms with van der Waals surface area (Å²) in [5.74, 6) is 0.819. The summed E-state index contributed by atoms with van der Waals surface area (Å²) in [6, 6.07) is 13.4. The number of aryl methyl sites for hydroxylation is 2. The summed E-state index contributed by atoms with van der Waals surface area (Å²) in [4.78, 5) is 11.8. The Bertz CT molecular complexity index is 622. The van der Waals surface area contributed by atoms with Gasteiger partial charge in [-0.05, 0) is 54.8 Å². The van der Waals surface area contributed by atoms with Gasteiger partial charge in [-0.15, -0.1) is 12.4 Å². The van der Waals surface area contributed by atoms with Crippen molar-refractivity contribution in [2.24, 2.45) is 0 Å². The quantitative estimate of drug-likeness (QED) is 0.630. The van der Waals surface area contributed by atoms with Crippen LogP contribution in [-0.2, 0) is 11.2 Å². The number of nitrogen functional groups attached to an aromatic ring is 1. The molecule has 0 unspecified atom stereocenters. The van der Waals surface area contributed by atoms with Crippen LogP contribution < -0.4 is 15.8 Å². The third-order valence-electron chi connectivity index (χ3n) is 3.23. The molecule has 0 atom stereocenters. The predicted octanol–water partition coefficient (Wildman–Crippen LogP) is 3.05. The molecule has 2 aromatic carbocycles. The van der Waals surface area contributed by atoms with Crippen LogP contribution in [0.25, 0.3) is 0 Å². The molecule has 0 aliphatic rings. The lowest BCUT2D eigenvalue weighted by molar-refractivity contribution is -0.120. The van der Waals surface area contributed by atoms with Crippen LogP contribution in [0.2, 0.25) is 0 Å². The summed E-state index contributed by atoms with van der Waals surface area (Å²) in [6.45, 7) is 5.01. The van der Waals surface area contributed by atoms with Gasteiger partial charge in [0.15, 0.2) is 0 Å². The van der Waals surface area contributed by atoms with Crippen molar-refractivity contribution < 1.29 is 9.53 Å². The zero-order valence-electron chi connectivity index (χ0n) is 13.5. The first-order chi connectivity index (χ1) is 10.5. The van der Waals surface area contributed by atoms with Gasteiger partial charge in [0.25, 0.3) is 0 Å². The number of carbonyl (C=O) groups excluding carboxylic acids is 1. The maximum atomic E-state index is 11.8. The lowest BCUT2D eigenvalue weighted by Gasteiger charge is -2.09. The number of ether oxygens (including phenoxy) is 1. The summed E-state index contributed by atoms with van der Waals surface area (Å²) >= 11 is 0. The molecule has 0 spiro atoms. The number of nitrogens with two attached hydrogens (primary N) is 1. The van der Waals surface area contributed by atoms with Crippen LogP contribution in [0.1, 0.15) is 16.7 Å². The largest absolute Gasteiger partial charge is 0.492 e. The second-order valence-electron chi connectivity index (χ2n) is 5.44. The summed E-state index contributed by atoms with van der Waals surface area (Å²) < 4.78 is 5.65. The second-order valence-corrected chi connectivity index (χ2v) is 5.44. The van der Waals surface area contributed by atoms with Gasteiger partial charge in [-0.25, -0.2) is 0 Å². The van der Waals surface area contributed by atoms with Crippen LogP contribution in [0.3, 0.4) is 0 Å². The lowest BCUT2D eigenvalue weighted by atomic mass is 10.1. The molecule has 0 fully saturated rings. The number of amides is 1. The molecular weight excluding hydrogens is 312 g/mol. The van der Waals surface area contributed by atoms with Gasteiger partial charge in [0.2, 0.25) is 5.91 Å². The Balaban J connectivity index is 0.00000264. The van der Waals surface area contributed by atoms with Gasteiger partial charge in [0.1, 0.15) is 12.4 Å². The van der Waals surface area contributed by atoms with Crippen molar-refractivity contribution in [3.05, 3.63) is 59.2 Å². The molecule has 0 heterocycles. The number of anilines is 1. The first kappa shape index (κ1) is 18.8. The van der Waals surface area contributed by atoms with E-state index in [0.29, 0.717) is 25.3 Å². The zero-order valence-corrected chi connectivity index (χ0v) is 14.3. The molecule has 4 nitrogen and oxygen atoms in total. The highest BCUT2D eigenvalue weighted by Gasteiger charge is 2.03. The monoisotopic (exact) mass is 334 g/mol. The van der Waals surface area contributed by atoms with Crippen molar-refractivity contribution in [2.75, 3.05) is 18.9 Å². The van der Waals surface area contributed by atoms with E-state index in [9.17, 15) is 4.79 Å². The topological polar surface area (TPSA) is 64.3 Å². The standard InChI is InChI=1S/C18H22N2O2.ClH/c1-13-9-14(2)11-17(10-13)22-8-7-20-18(21)12-15-3-5-16(19)6-4-15;/h3-6,9-11H,7-8,12,19H2,1-2H3,(H,20,21);1H. The molecule has 1 amide bonds. The Morgan fingerprint density at radius 2 is 1.70 bits per heavy atom. The number of hydrogen-bond acceptors (Lipinski definition) is 3. The Morgan fingerprint density at radius 1 is 1.09 bits per heavy atom. The van der Waals surface area contributed by atoms with Crippen molar-refractivity contribution in [3.8, 4) is 5.75 Å². The Kier molecular flexibility index (Phi) is 7.42. The molecular formula is C18H23ClN2O2. The normalized spacial score (nSPS) is 9.83. The fourth-order valence-electron chi connectivity index (χ4n) is 2.26. The van der Waals surface area contributed by atoms with Crippen LogP contribution in [-0.4, -0.2) is 19.1 Å². The number of hydrogen-bond donors (Lipinski definition) is 2. The van der Waals surface area contributed by atoms with Gasteiger partial charge in [0.05, 0.1) is 13.0 Å². The van der Waals surface area contributed by atoms with Gasteiger partial charge < -0.3 is 15.8 Å². The number of halogens is 1. The summed E-state index contributed by atoms with van der Waals surface area (Å²) in [6.07, 6.45) is 0.351.